The highest BCUT2D eigenvalue weighted by atomic mass is 35.5. The molecule has 0 heterocycles. The smallest absolute Gasteiger partial charge is 0.165 e. The first kappa shape index (κ1) is 10.0. The number of hydroxylamine groups is 1. The lowest BCUT2D eigenvalue weighted by Gasteiger charge is -2.07. The maximum absolute atomic E-state index is 13.1. The van der Waals surface area contributed by atoms with Crippen molar-refractivity contribution in [1.82, 2.24) is 5.48 Å². The van der Waals surface area contributed by atoms with E-state index in [0.717, 1.165) is 6.07 Å². The minimum atomic E-state index is -0.876. The Morgan fingerprint density at radius 1 is 1.46 bits per heavy atom. The average Bonchev–Trinajstić information content (AvgIpc) is 2.09. The van der Waals surface area contributed by atoms with Crippen molar-refractivity contribution in [2.45, 2.75) is 6.54 Å². The summed E-state index contributed by atoms with van der Waals surface area (Å²) in [5.74, 6) is -2.04. The van der Waals surface area contributed by atoms with E-state index in [0.29, 0.717) is 0 Å². The largest absolute Gasteiger partial charge is 0.504 e. The Morgan fingerprint density at radius 3 is 2.62 bits per heavy atom. The first-order valence-electron chi connectivity index (χ1n) is 3.33. The molecule has 72 valence electrons. The highest BCUT2D eigenvalue weighted by molar-refractivity contribution is 6.31. The summed E-state index contributed by atoms with van der Waals surface area (Å²) >= 11 is 5.37. The summed E-state index contributed by atoms with van der Waals surface area (Å²) in [5, 5.41) is 26.1. The molecule has 0 saturated carbocycles. The van der Waals surface area contributed by atoms with Gasteiger partial charge >= 0.3 is 0 Å². The van der Waals surface area contributed by atoms with Crippen LogP contribution in [0.5, 0.6) is 11.5 Å². The third kappa shape index (κ3) is 1.82. The van der Waals surface area contributed by atoms with Crippen molar-refractivity contribution in [2.75, 3.05) is 0 Å². The zero-order chi connectivity index (χ0) is 10.0. The number of halogens is 2. The van der Waals surface area contributed by atoms with Crippen molar-refractivity contribution in [3.05, 3.63) is 22.5 Å². The van der Waals surface area contributed by atoms with Crippen LogP contribution >= 0.6 is 11.6 Å². The number of nitrogens with one attached hydrogen (secondary N) is 1. The van der Waals surface area contributed by atoms with Crippen LogP contribution in [-0.4, -0.2) is 15.4 Å². The minimum absolute atomic E-state index is 0.285. The second-order valence-corrected chi connectivity index (χ2v) is 2.76. The number of hydrogen-bond acceptors (Lipinski definition) is 4. The lowest BCUT2D eigenvalue weighted by molar-refractivity contribution is 0.158. The van der Waals surface area contributed by atoms with Gasteiger partial charge in [-0.3, -0.25) is 0 Å². The summed E-state index contributed by atoms with van der Waals surface area (Å²) in [6, 6.07) is 0.882. The third-order valence-electron chi connectivity index (χ3n) is 1.52. The van der Waals surface area contributed by atoms with Gasteiger partial charge in [0.1, 0.15) is 5.82 Å². The molecule has 0 amide bonds. The van der Waals surface area contributed by atoms with E-state index >= 15 is 0 Å². The average molecular weight is 208 g/mol. The third-order valence-corrected chi connectivity index (χ3v) is 1.80. The maximum Gasteiger partial charge on any atom is 0.165 e. The summed E-state index contributed by atoms with van der Waals surface area (Å²) in [4.78, 5) is 0. The minimum Gasteiger partial charge on any atom is -0.504 e. The Labute approximate surface area is 78.2 Å². The molecule has 13 heavy (non-hydrogen) atoms. The molecular weight excluding hydrogens is 201 g/mol. The van der Waals surface area contributed by atoms with Gasteiger partial charge in [-0.15, -0.1) is 0 Å². The molecule has 0 fully saturated rings. The fraction of sp³-hybridized carbons (Fsp3) is 0.143. The zero-order valence-corrected chi connectivity index (χ0v) is 7.14. The van der Waals surface area contributed by atoms with Gasteiger partial charge in [-0.05, 0) is 0 Å². The summed E-state index contributed by atoms with van der Waals surface area (Å²) in [6.45, 7) is -0.341. The molecule has 1 rings (SSSR count). The van der Waals surface area contributed by atoms with Crippen molar-refractivity contribution in [3.63, 3.8) is 0 Å². The molecule has 0 bridgehead atoms. The number of aromatic hydroxyl groups is 2. The van der Waals surface area contributed by atoms with Crippen molar-refractivity contribution >= 4 is 11.6 Å². The van der Waals surface area contributed by atoms with Gasteiger partial charge in [0.2, 0.25) is 0 Å². The molecule has 4 nitrogen and oxygen atoms in total. The van der Waals surface area contributed by atoms with Crippen LogP contribution in [0.25, 0.3) is 0 Å². The summed E-state index contributed by atoms with van der Waals surface area (Å²) in [5.41, 5.74) is 1.37. The number of rotatable bonds is 2. The monoisotopic (exact) mass is 207 g/mol. The number of phenols is 2. The highest BCUT2D eigenvalue weighted by Crippen LogP contribution is 2.35. The standard InChI is InChI=1S/C7H7ClFNO3/c8-4-1-5(11)7(12)3(2-10-13)6(4)9/h1,10-13H,2H2. The molecule has 1 aromatic rings. The summed E-state index contributed by atoms with van der Waals surface area (Å²) < 4.78 is 13.1. The van der Waals surface area contributed by atoms with Gasteiger partial charge in [-0.25, -0.2) is 9.87 Å². The number of hydrogen-bond donors (Lipinski definition) is 4. The van der Waals surface area contributed by atoms with Crippen LogP contribution in [-0.2, 0) is 6.54 Å². The van der Waals surface area contributed by atoms with Crippen molar-refractivity contribution in [2.24, 2.45) is 0 Å². The predicted octanol–water partition coefficient (Wildman–Crippen LogP) is 1.37. The van der Waals surface area contributed by atoms with Crippen LogP contribution in [0.15, 0.2) is 6.07 Å². The lowest BCUT2D eigenvalue weighted by Crippen LogP contribution is -2.08. The Bertz CT molecular complexity index is 306. The molecule has 0 spiro atoms. The second-order valence-electron chi connectivity index (χ2n) is 2.35. The molecule has 0 atom stereocenters. The van der Waals surface area contributed by atoms with E-state index in [9.17, 15) is 4.39 Å². The predicted molar refractivity (Wildman–Crippen MR) is 43.4 cm³/mol. The van der Waals surface area contributed by atoms with Gasteiger partial charge < -0.3 is 15.4 Å². The normalized spacial score (nSPS) is 10.4. The van der Waals surface area contributed by atoms with Crippen molar-refractivity contribution < 1.29 is 19.8 Å². The van der Waals surface area contributed by atoms with Gasteiger partial charge in [0, 0.05) is 6.07 Å². The quantitative estimate of drug-likeness (QED) is 0.437. The second kappa shape index (κ2) is 3.78. The molecule has 1 aromatic carbocycles. The Hall–Kier alpha value is -1.04. The fourth-order valence-electron chi connectivity index (χ4n) is 0.895. The summed E-state index contributed by atoms with van der Waals surface area (Å²) in [7, 11) is 0. The molecule has 0 saturated heterocycles. The van der Waals surface area contributed by atoms with Crippen molar-refractivity contribution in [3.8, 4) is 11.5 Å². The van der Waals surface area contributed by atoms with Crippen LogP contribution in [0, 0.1) is 5.82 Å². The Balaban J connectivity index is 3.28. The Kier molecular flexibility index (Phi) is 2.92. The van der Waals surface area contributed by atoms with E-state index in [4.69, 9.17) is 27.0 Å². The van der Waals surface area contributed by atoms with E-state index < -0.39 is 17.3 Å². The first-order valence-corrected chi connectivity index (χ1v) is 3.71. The molecular formula is C7H7ClFNO3. The molecule has 0 unspecified atom stereocenters. The highest BCUT2D eigenvalue weighted by Gasteiger charge is 2.15. The first-order chi connectivity index (χ1) is 6.07. The molecule has 4 N–H and O–H groups in total. The van der Waals surface area contributed by atoms with Crippen LogP contribution in [0.1, 0.15) is 5.56 Å². The topological polar surface area (TPSA) is 72.7 Å². The molecule has 0 aliphatic rings. The van der Waals surface area contributed by atoms with Gasteiger partial charge in [0.05, 0.1) is 17.1 Å². The van der Waals surface area contributed by atoms with Crippen LogP contribution in [0.4, 0.5) is 4.39 Å². The van der Waals surface area contributed by atoms with Gasteiger partial charge in [0.25, 0.3) is 0 Å². The van der Waals surface area contributed by atoms with Crippen LogP contribution in [0.3, 0.4) is 0 Å². The maximum atomic E-state index is 13.1. The van der Waals surface area contributed by atoms with E-state index in [1.54, 1.807) is 5.48 Å². The molecule has 0 aliphatic carbocycles. The lowest BCUT2D eigenvalue weighted by atomic mass is 10.1. The Morgan fingerprint density at radius 2 is 2.08 bits per heavy atom. The zero-order valence-electron chi connectivity index (χ0n) is 6.38. The molecule has 6 heteroatoms. The van der Waals surface area contributed by atoms with E-state index in [2.05, 4.69) is 0 Å². The van der Waals surface area contributed by atoms with Crippen molar-refractivity contribution in [1.29, 1.82) is 0 Å². The van der Waals surface area contributed by atoms with Gasteiger partial charge in [-0.1, -0.05) is 11.6 Å². The van der Waals surface area contributed by atoms with E-state index in [-0.39, 0.29) is 17.1 Å². The van der Waals surface area contributed by atoms with E-state index in [1.165, 1.54) is 0 Å². The molecule has 0 aliphatic heterocycles. The van der Waals surface area contributed by atoms with Gasteiger partial charge in [-0.2, -0.15) is 0 Å². The van der Waals surface area contributed by atoms with Crippen LogP contribution in [0.2, 0.25) is 5.02 Å². The van der Waals surface area contributed by atoms with Crippen LogP contribution < -0.4 is 5.48 Å². The van der Waals surface area contributed by atoms with E-state index in [1.807, 2.05) is 0 Å². The number of phenolic OH excluding ortho intramolecular Hbond substituents is 2. The molecule has 0 aromatic heterocycles. The molecule has 0 radical (unpaired) electrons. The SMILES string of the molecule is ONCc1c(O)c(O)cc(Cl)c1F. The summed E-state index contributed by atoms with van der Waals surface area (Å²) in [6.07, 6.45) is 0. The fourth-order valence-corrected chi connectivity index (χ4v) is 1.11. The van der Waals surface area contributed by atoms with Gasteiger partial charge in [0.15, 0.2) is 11.5 Å². The number of benzene rings is 1.